The molecule has 0 bridgehead atoms. The molecule has 3 aromatic rings. The first kappa shape index (κ1) is 16.8. The number of fused-ring (bicyclic) bond motifs is 1. The molecule has 1 amide bonds. The molecule has 4 rings (SSSR count). The van der Waals surface area contributed by atoms with Crippen molar-refractivity contribution in [2.45, 2.75) is 46.2 Å². The first-order valence-corrected chi connectivity index (χ1v) is 9.20. The number of likely N-dealkylation sites (tertiary alicyclic amines) is 1. The fourth-order valence-corrected chi connectivity index (χ4v) is 4.06. The van der Waals surface area contributed by atoms with Gasteiger partial charge in [0.05, 0.1) is 23.7 Å². The molecular weight excluding hydrogens is 324 g/mol. The summed E-state index contributed by atoms with van der Waals surface area (Å²) in [6.45, 7) is 7.64. The largest absolute Gasteiger partial charge is 0.334 e. The molecule has 1 atom stereocenters. The van der Waals surface area contributed by atoms with Gasteiger partial charge in [0.2, 0.25) is 0 Å². The molecular formula is C21H24N4O. The predicted molar refractivity (Wildman–Crippen MR) is 102 cm³/mol. The van der Waals surface area contributed by atoms with Crippen LogP contribution in [0.4, 0.5) is 0 Å². The lowest BCUT2D eigenvalue weighted by Crippen LogP contribution is -2.38. The average molecular weight is 348 g/mol. The Bertz CT molecular complexity index is 962. The van der Waals surface area contributed by atoms with Crippen molar-refractivity contribution in [1.82, 2.24) is 19.7 Å². The molecule has 0 N–H and O–H groups in total. The number of aromatic nitrogens is 3. The van der Waals surface area contributed by atoms with E-state index < -0.39 is 0 Å². The molecule has 1 aliphatic rings. The highest BCUT2D eigenvalue weighted by molar-refractivity contribution is 6.07. The fraction of sp³-hybridized carbons (Fsp3) is 0.381. The Labute approximate surface area is 153 Å². The van der Waals surface area contributed by atoms with Crippen molar-refractivity contribution in [2.24, 2.45) is 0 Å². The predicted octanol–water partition coefficient (Wildman–Crippen LogP) is 3.66. The van der Waals surface area contributed by atoms with Crippen LogP contribution in [-0.2, 0) is 6.54 Å². The molecule has 5 nitrogen and oxygen atoms in total. The first-order chi connectivity index (χ1) is 12.5. The van der Waals surface area contributed by atoms with Crippen LogP contribution in [0.3, 0.4) is 0 Å². The van der Waals surface area contributed by atoms with Gasteiger partial charge in [-0.25, -0.2) is 0 Å². The van der Waals surface area contributed by atoms with Crippen molar-refractivity contribution >= 4 is 16.8 Å². The van der Waals surface area contributed by atoms with Crippen molar-refractivity contribution in [1.29, 1.82) is 0 Å². The highest BCUT2D eigenvalue weighted by atomic mass is 16.2. The van der Waals surface area contributed by atoms with E-state index in [9.17, 15) is 4.79 Å². The number of pyridine rings is 1. The van der Waals surface area contributed by atoms with Crippen LogP contribution in [0.5, 0.6) is 0 Å². The van der Waals surface area contributed by atoms with E-state index in [4.69, 9.17) is 0 Å². The third-order valence-electron chi connectivity index (χ3n) is 5.20. The minimum Gasteiger partial charge on any atom is -0.334 e. The van der Waals surface area contributed by atoms with E-state index in [1.807, 2.05) is 34.8 Å². The summed E-state index contributed by atoms with van der Waals surface area (Å²) in [5.74, 6) is 0.111. The SMILES string of the molecule is Cc1cc(C)c2nc(C)cc(C(=O)N3CCCC3Cn3cccn3)c2c1. The zero-order chi connectivity index (χ0) is 18.3. The van der Waals surface area contributed by atoms with E-state index in [0.29, 0.717) is 0 Å². The Morgan fingerprint density at radius 1 is 1.23 bits per heavy atom. The van der Waals surface area contributed by atoms with Gasteiger partial charge in [-0.15, -0.1) is 0 Å². The third kappa shape index (κ3) is 2.98. The van der Waals surface area contributed by atoms with Gasteiger partial charge in [0.1, 0.15) is 0 Å². The quantitative estimate of drug-likeness (QED) is 0.726. The van der Waals surface area contributed by atoms with E-state index in [1.54, 1.807) is 6.20 Å². The molecule has 2 aromatic heterocycles. The van der Waals surface area contributed by atoms with Gasteiger partial charge in [0.15, 0.2) is 0 Å². The highest BCUT2D eigenvalue weighted by Crippen LogP contribution is 2.27. The lowest BCUT2D eigenvalue weighted by atomic mass is 10.0. The van der Waals surface area contributed by atoms with E-state index in [1.165, 1.54) is 0 Å². The Morgan fingerprint density at radius 3 is 2.85 bits per heavy atom. The van der Waals surface area contributed by atoms with E-state index in [2.05, 4.69) is 36.1 Å². The second-order valence-electron chi connectivity index (χ2n) is 7.31. The second-order valence-corrected chi connectivity index (χ2v) is 7.31. The number of benzene rings is 1. The number of rotatable bonds is 3. The summed E-state index contributed by atoms with van der Waals surface area (Å²) in [7, 11) is 0. The number of amides is 1. The maximum Gasteiger partial charge on any atom is 0.254 e. The van der Waals surface area contributed by atoms with Gasteiger partial charge in [0.25, 0.3) is 5.91 Å². The first-order valence-electron chi connectivity index (χ1n) is 9.20. The van der Waals surface area contributed by atoms with Crippen molar-refractivity contribution in [3.05, 3.63) is 59.0 Å². The molecule has 5 heteroatoms. The molecule has 134 valence electrons. The van der Waals surface area contributed by atoms with Gasteiger partial charge in [-0.2, -0.15) is 5.10 Å². The molecule has 0 radical (unpaired) electrons. The number of nitrogens with zero attached hydrogens (tertiary/aromatic N) is 4. The minimum absolute atomic E-state index is 0.111. The van der Waals surface area contributed by atoms with Gasteiger partial charge in [-0.05, 0) is 57.4 Å². The fourth-order valence-electron chi connectivity index (χ4n) is 4.06. The van der Waals surface area contributed by atoms with E-state index >= 15 is 0 Å². The lowest BCUT2D eigenvalue weighted by molar-refractivity contribution is 0.0723. The summed E-state index contributed by atoms with van der Waals surface area (Å²) in [5.41, 5.74) is 4.86. The summed E-state index contributed by atoms with van der Waals surface area (Å²) < 4.78 is 1.92. The molecule has 0 saturated carbocycles. The Hall–Kier alpha value is -2.69. The van der Waals surface area contributed by atoms with Crippen LogP contribution in [0.1, 0.15) is 40.0 Å². The van der Waals surface area contributed by atoms with Crippen molar-refractivity contribution in [3.63, 3.8) is 0 Å². The summed E-state index contributed by atoms with van der Waals surface area (Å²) in [5, 5.41) is 5.26. The maximum atomic E-state index is 13.4. The van der Waals surface area contributed by atoms with Crippen molar-refractivity contribution in [3.8, 4) is 0 Å². The molecule has 3 heterocycles. The van der Waals surface area contributed by atoms with E-state index in [0.717, 1.165) is 59.2 Å². The third-order valence-corrected chi connectivity index (χ3v) is 5.20. The smallest absolute Gasteiger partial charge is 0.254 e. The molecule has 0 spiro atoms. The number of hydrogen-bond acceptors (Lipinski definition) is 3. The summed E-state index contributed by atoms with van der Waals surface area (Å²) in [6.07, 6.45) is 5.80. The Morgan fingerprint density at radius 2 is 2.08 bits per heavy atom. The van der Waals surface area contributed by atoms with Gasteiger partial charge >= 0.3 is 0 Å². The molecule has 1 aromatic carbocycles. The number of carbonyl (C=O) groups excluding carboxylic acids is 1. The number of aryl methyl sites for hydroxylation is 3. The standard InChI is InChI=1S/C21H24N4O/c1-14-10-15(2)20-18(11-14)19(12-16(3)23-20)21(26)25-9-4-6-17(25)13-24-8-5-7-22-24/h5,7-8,10-12,17H,4,6,9,13H2,1-3H3. The van der Waals surface area contributed by atoms with Crippen LogP contribution < -0.4 is 0 Å². The molecule has 1 unspecified atom stereocenters. The maximum absolute atomic E-state index is 13.4. The number of carbonyl (C=O) groups is 1. The van der Waals surface area contributed by atoms with Crippen molar-refractivity contribution < 1.29 is 4.79 Å². The molecule has 1 aliphatic heterocycles. The van der Waals surface area contributed by atoms with Gasteiger partial charge in [0, 0.05) is 30.0 Å². The molecule has 1 saturated heterocycles. The molecule has 26 heavy (non-hydrogen) atoms. The Balaban J connectivity index is 1.73. The van der Waals surface area contributed by atoms with Crippen LogP contribution in [0.15, 0.2) is 36.7 Å². The van der Waals surface area contributed by atoms with Crippen LogP contribution >= 0.6 is 0 Å². The minimum atomic E-state index is 0.111. The monoisotopic (exact) mass is 348 g/mol. The Kier molecular flexibility index (Phi) is 4.23. The van der Waals surface area contributed by atoms with Crippen LogP contribution in [-0.4, -0.2) is 38.2 Å². The number of hydrogen-bond donors (Lipinski definition) is 0. The normalized spacial score (nSPS) is 17.2. The van der Waals surface area contributed by atoms with Crippen LogP contribution in [0.25, 0.3) is 10.9 Å². The van der Waals surface area contributed by atoms with Gasteiger partial charge in [-0.1, -0.05) is 11.6 Å². The highest BCUT2D eigenvalue weighted by Gasteiger charge is 2.31. The van der Waals surface area contributed by atoms with Gasteiger partial charge < -0.3 is 4.90 Å². The summed E-state index contributed by atoms with van der Waals surface area (Å²) in [6, 6.07) is 8.26. The lowest BCUT2D eigenvalue weighted by Gasteiger charge is -2.25. The van der Waals surface area contributed by atoms with Gasteiger partial charge in [-0.3, -0.25) is 14.5 Å². The zero-order valence-electron chi connectivity index (χ0n) is 15.6. The summed E-state index contributed by atoms with van der Waals surface area (Å²) in [4.78, 5) is 20.1. The molecule has 0 aliphatic carbocycles. The van der Waals surface area contributed by atoms with Crippen LogP contribution in [0.2, 0.25) is 0 Å². The molecule has 1 fully saturated rings. The van der Waals surface area contributed by atoms with E-state index in [-0.39, 0.29) is 11.9 Å². The zero-order valence-corrected chi connectivity index (χ0v) is 15.6. The second kappa shape index (κ2) is 6.56. The van der Waals surface area contributed by atoms with Crippen molar-refractivity contribution in [2.75, 3.05) is 6.54 Å². The topological polar surface area (TPSA) is 51.0 Å². The van der Waals surface area contributed by atoms with Crippen LogP contribution in [0, 0.1) is 20.8 Å². The summed E-state index contributed by atoms with van der Waals surface area (Å²) >= 11 is 0. The average Bonchev–Trinajstić information content (AvgIpc) is 3.27.